The van der Waals surface area contributed by atoms with Gasteiger partial charge in [0.2, 0.25) is 0 Å². The Kier molecular flexibility index (Phi) is 5.24. The van der Waals surface area contributed by atoms with E-state index in [0.29, 0.717) is 30.6 Å². The molecule has 0 radical (unpaired) electrons. The highest BCUT2D eigenvalue weighted by Crippen LogP contribution is 2.66. The summed E-state index contributed by atoms with van der Waals surface area (Å²) < 4.78 is 13.2. The number of aliphatic hydroxyl groups is 2. The van der Waals surface area contributed by atoms with E-state index in [1.165, 1.54) is 18.4 Å². The van der Waals surface area contributed by atoms with Crippen molar-refractivity contribution < 1.29 is 24.5 Å². The summed E-state index contributed by atoms with van der Waals surface area (Å²) in [5, 5.41) is 24.3. The number of unbranched alkanes of at least 4 members (excludes halogenated alkanes) is 1. The molecule has 1 spiro atoms. The summed E-state index contributed by atoms with van der Waals surface area (Å²) in [7, 11) is 0. The van der Waals surface area contributed by atoms with Gasteiger partial charge in [-0.2, -0.15) is 0 Å². The van der Waals surface area contributed by atoms with Gasteiger partial charge >= 0.3 is 0 Å². The van der Waals surface area contributed by atoms with Crippen LogP contribution in [-0.2, 0) is 11.8 Å². The van der Waals surface area contributed by atoms with Crippen LogP contribution in [-0.4, -0.2) is 69.4 Å². The van der Waals surface area contributed by atoms with Crippen molar-refractivity contribution in [2.24, 2.45) is 5.92 Å². The van der Waals surface area contributed by atoms with Gasteiger partial charge in [0.1, 0.15) is 6.10 Å². The molecule has 1 unspecified atom stereocenters. The van der Waals surface area contributed by atoms with Gasteiger partial charge < -0.3 is 24.6 Å². The first-order valence-electron chi connectivity index (χ1n) is 15.0. The summed E-state index contributed by atoms with van der Waals surface area (Å²) in [6.07, 6.45) is 5.87. The molecule has 0 aromatic heterocycles. The molecule has 2 N–H and O–H groups in total. The highest BCUT2D eigenvalue weighted by atomic mass is 16.5. The third-order valence-electron chi connectivity index (χ3n) is 10.8. The maximum atomic E-state index is 13.7. The Morgan fingerprint density at radius 2 is 1.97 bits per heavy atom. The average Bonchev–Trinajstić information content (AvgIpc) is 3.63. The van der Waals surface area contributed by atoms with Crippen LogP contribution in [0.15, 0.2) is 36.4 Å². The number of rotatable bonds is 7. The van der Waals surface area contributed by atoms with Crippen molar-refractivity contribution in [2.45, 2.75) is 93.7 Å². The lowest BCUT2D eigenvalue weighted by Gasteiger charge is -2.64. The molecule has 2 aromatic carbocycles. The molecule has 206 valence electrons. The predicted octanol–water partition coefficient (Wildman–Crippen LogP) is 3.95. The Hall–Kier alpha value is -2.61. The molecule has 3 aliphatic carbocycles. The molecule has 3 fully saturated rings. The van der Waals surface area contributed by atoms with Crippen molar-refractivity contribution in [3.63, 3.8) is 0 Å². The molecular weight excluding hydrogens is 492 g/mol. The molecule has 7 nitrogen and oxygen atoms in total. The zero-order chi connectivity index (χ0) is 26.5. The van der Waals surface area contributed by atoms with E-state index in [-0.39, 0.29) is 18.0 Å². The third kappa shape index (κ3) is 3.12. The van der Waals surface area contributed by atoms with Crippen LogP contribution in [0.3, 0.4) is 0 Å². The number of piperidine rings is 1. The van der Waals surface area contributed by atoms with Crippen molar-refractivity contribution >= 4 is 5.91 Å². The van der Waals surface area contributed by atoms with Gasteiger partial charge in [0.15, 0.2) is 17.7 Å². The fraction of sp³-hybridized carbons (Fsp3) is 0.594. The number of benzene rings is 2. The molecule has 6 aliphatic rings. The molecule has 1 amide bonds. The van der Waals surface area contributed by atoms with Gasteiger partial charge in [-0.15, -0.1) is 0 Å². The number of carbonyl (C=O) groups is 1. The Morgan fingerprint density at radius 1 is 1.13 bits per heavy atom. The van der Waals surface area contributed by atoms with Crippen molar-refractivity contribution in [1.29, 1.82) is 0 Å². The van der Waals surface area contributed by atoms with Gasteiger partial charge in [0.25, 0.3) is 5.91 Å². The minimum absolute atomic E-state index is 0.0283. The number of carbonyl (C=O) groups excluding carboxylic acids is 1. The first-order chi connectivity index (χ1) is 19.0. The van der Waals surface area contributed by atoms with Crippen molar-refractivity contribution in [3.8, 4) is 11.5 Å². The molecule has 2 bridgehead atoms. The van der Waals surface area contributed by atoms with Crippen LogP contribution in [0, 0.1) is 5.92 Å². The monoisotopic (exact) mass is 530 g/mol. The van der Waals surface area contributed by atoms with E-state index < -0.39 is 23.3 Å². The van der Waals surface area contributed by atoms with Crippen molar-refractivity contribution in [3.05, 3.63) is 58.7 Å². The van der Waals surface area contributed by atoms with Gasteiger partial charge in [-0.25, -0.2) is 0 Å². The van der Waals surface area contributed by atoms with Crippen LogP contribution in [0.5, 0.6) is 11.5 Å². The quantitative estimate of drug-likeness (QED) is 0.528. The number of fused-ring (bicyclic) bond motifs is 1. The van der Waals surface area contributed by atoms with Crippen LogP contribution in [0.4, 0.5) is 0 Å². The zero-order valence-electron chi connectivity index (χ0n) is 22.6. The van der Waals surface area contributed by atoms with Crippen LogP contribution >= 0.6 is 0 Å². The molecule has 2 saturated carbocycles. The number of hydrogen-bond acceptors (Lipinski definition) is 6. The smallest absolute Gasteiger partial charge is 0.256 e. The predicted molar refractivity (Wildman–Crippen MR) is 145 cm³/mol. The van der Waals surface area contributed by atoms with E-state index in [2.05, 4.69) is 17.9 Å². The topological polar surface area (TPSA) is 82.5 Å². The standard InChI is InChI=1S/C32H38N2O5/c1-2-3-16-38-24-11-10-20-17-25-32(37)13-12-23(34-29(35)21-6-4-5-7-22(21)30(34)36)28-31(32,26(20)27(24)39-28)14-15-33(25)18-19-8-9-19/h4-7,10-11,19,23,25,28-29,35,37H,2-3,8-9,12-18H2,1H3/t23-,25-,28+,29?,31+,32-/m1/s1. The summed E-state index contributed by atoms with van der Waals surface area (Å²) in [6, 6.07) is 11.3. The SMILES string of the molecule is CCCCOc1ccc2c3c1O[C@H]1[C@H](N4C(=O)c5ccccc5C4O)CC[C@@]4(O)[C@@H](C2)N(CC2CC2)CC[C@]314. The van der Waals surface area contributed by atoms with E-state index in [0.717, 1.165) is 61.8 Å². The molecule has 2 aromatic rings. The minimum atomic E-state index is -1.01. The Labute approximate surface area is 229 Å². The Morgan fingerprint density at radius 3 is 2.77 bits per heavy atom. The second-order valence-corrected chi connectivity index (χ2v) is 12.8. The van der Waals surface area contributed by atoms with E-state index in [1.807, 2.05) is 24.3 Å². The molecule has 39 heavy (non-hydrogen) atoms. The zero-order valence-corrected chi connectivity index (χ0v) is 22.6. The third-order valence-corrected chi connectivity index (χ3v) is 10.8. The summed E-state index contributed by atoms with van der Waals surface area (Å²) in [5.41, 5.74) is 1.97. The highest BCUT2D eigenvalue weighted by molar-refractivity contribution is 5.99. The average molecular weight is 531 g/mol. The van der Waals surface area contributed by atoms with Gasteiger partial charge in [-0.3, -0.25) is 9.69 Å². The van der Waals surface area contributed by atoms with Gasteiger partial charge in [0.05, 0.1) is 23.7 Å². The first kappa shape index (κ1) is 24.2. The lowest BCUT2D eigenvalue weighted by molar-refractivity contribution is -0.204. The molecule has 1 saturated heterocycles. The lowest BCUT2D eigenvalue weighted by atomic mass is 9.48. The second kappa shape index (κ2) is 8.45. The summed E-state index contributed by atoms with van der Waals surface area (Å²) >= 11 is 0. The van der Waals surface area contributed by atoms with Gasteiger partial charge in [0, 0.05) is 29.3 Å². The molecule has 6 atom stereocenters. The summed E-state index contributed by atoms with van der Waals surface area (Å²) in [4.78, 5) is 17.9. The van der Waals surface area contributed by atoms with Crippen LogP contribution < -0.4 is 9.47 Å². The molecule has 3 heterocycles. The number of aliphatic hydroxyl groups excluding tert-OH is 1. The lowest BCUT2D eigenvalue weighted by Crippen LogP contribution is -2.78. The van der Waals surface area contributed by atoms with Crippen molar-refractivity contribution in [2.75, 3.05) is 19.7 Å². The fourth-order valence-electron chi connectivity index (χ4n) is 8.82. The van der Waals surface area contributed by atoms with Crippen LogP contribution in [0.2, 0.25) is 0 Å². The summed E-state index contributed by atoms with van der Waals surface area (Å²) in [6.45, 7) is 4.73. The highest BCUT2D eigenvalue weighted by Gasteiger charge is 2.74. The van der Waals surface area contributed by atoms with Gasteiger partial charge in [-0.1, -0.05) is 37.6 Å². The minimum Gasteiger partial charge on any atom is -0.490 e. The number of amides is 1. The van der Waals surface area contributed by atoms with E-state index in [9.17, 15) is 15.0 Å². The van der Waals surface area contributed by atoms with E-state index in [1.54, 1.807) is 11.0 Å². The normalized spacial score (nSPS) is 36.0. The van der Waals surface area contributed by atoms with Gasteiger partial charge in [-0.05, 0) is 75.1 Å². The van der Waals surface area contributed by atoms with E-state index >= 15 is 0 Å². The molecule has 7 heteroatoms. The first-order valence-corrected chi connectivity index (χ1v) is 15.0. The number of hydrogen-bond donors (Lipinski definition) is 2. The molecular formula is C32H38N2O5. The fourth-order valence-corrected chi connectivity index (χ4v) is 8.82. The van der Waals surface area contributed by atoms with E-state index in [4.69, 9.17) is 9.47 Å². The number of nitrogens with zero attached hydrogens (tertiary/aromatic N) is 2. The van der Waals surface area contributed by atoms with Crippen molar-refractivity contribution in [1.82, 2.24) is 9.80 Å². The number of ether oxygens (including phenoxy) is 2. The molecule has 3 aliphatic heterocycles. The number of likely N-dealkylation sites (tertiary alicyclic amines) is 1. The van der Waals surface area contributed by atoms with Crippen LogP contribution in [0.25, 0.3) is 0 Å². The second-order valence-electron chi connectivity index (χ2n) is 12.8. The van der Waals surface area contributed by atoms with Crippen LogP contribution in [0.1, 0.15) is 85.1 Å². The largest absolute Gasteiger partial charge is 0.490 e. The Balaban J connectivity index is 1.25. The summed E-state index contributed by atoms with van der Waals surface area (Å²) in [5.74, 6) is 2.09. The Bertz CT molecular complexity index is 1340. The maximum Gasteiger partial charge on any atom is 0.256 e. The molecule has 8 rings (SSSR count). The maximum absolute atomic E-state index is 13.7.